The number of carbonyl (C=O) groups excluding carboxylic acids is 5. The largest absolute Gasteiger partial charge is 0.508 e. The summed E-state index contributed by atoms with van der Waals surface area (Å²) in [4.78, 5) is 66.6. The number of hydrogen-bond acceptors (Lipinski definition) is 9. The van der Waals surface area contributed by atoms with Crippen molar-refractivity contribution in [1.29, 1.82) is 0 Å². The molecule has 4 fully saturated rings. The van der Waals surface area contributed by atoms with E-state index in [9.17, 15) is 29.1 Å². The highest BCUT2D eigenvalue weighted by molar-refractivity contribution is 7.98. The van der Waals surface area contributed by atoms with Gasteiger partial charge in [-0.15, -0.1) is 12.4 Å². The number of aromatic hydroxyl groups is 1. The van der Waals surface area contributed by atoms with Crippen molar-refractivity contribution >= 4 is 53.7 Å². The summed E-state index contributed by atoms with van der Waals surface area (Å²) < 4.78 is 0. The van der Waals surface area contributed by atoms with Gasteiger partial charge in [0, 0.05) is 12.0 Å². The minimum absolute atomic E-state index is 0. The van der Waals surface area contributed by atoms with Gasteiger partial charge in [-0.1, -0.05) is 42.5 Å². The molecule has 0 saturated heterocycles. The number of halogens is 1. The van der Waals surface area contributed by atoms with E-state index in [1.165, 1.54) is 23.9 Å². The Morgan fingerprint density at radius 1 is 0.860 bits per heavy atom. The fourth-order valence-electron chi connectivity index (χ4n) is 8.29. The molecule has 50 heavy (non-hydrogen) atoms. The van der Waals surface area contributed by atoms with Crippen molar-refractivity contribution in [2.24, 2.45) is 28.7 Å². The van der Waals surface area contributed by atoms with E-state index >= 15 is 0 Å². The predicted octanol–water partition coefficient (Wildman–Crippen LogP) is 1.71. The number of carbonyl (C=O) groups is 5. The molecule has 0 aliphatic heterocycles. The van der Waals surface area contributed by atoms with Crippen LogP contribution in [0.1, 0.15) is 56.1 Å². The average molecular weight is 729 g/mol. The van der Waals surface area contributed by atoms with Crippen LogP contribution in [0.25, 0.3) is 0 Å². The summed E-state index contributed by atoms with van der Waals surface area (Å²) in [5, 5.41) is 20.1. The Morgan fingerprint density at radius 2 is 1.50 bits per heavy atom. The summed E-state index contributed by atoms with van der Waals surface area (Å²) in [6, 6.07) is 12.6. The fraction of sp³-hybridized carbons (Fsp3) is 0.528. The van der Waals surface area contributed by atoms with Crippen LogP contribution in [-0.4, -0.2) is 76.9 Å². The zero-order valence-corrected chi connectivity index (χ0v) is 30.0. The van der Waals surface area contributed by atoms with Crippen molar-refractivity contribution in [1.82, 2.24) is 21.3 Å². The van der Waals surface area contributed by atoms with E-state index in [-0.39, 0.29) is 42.4 Å². The predicted molar refractivity (Wildman–Crippen MR) is 194 cm³/mol. The van der Waals surface area contributed by atoms with Crippen molar-refractivity contribution in [3.05, 3.63) is 65.7 Å². The molecule has 5 atom stereocenters. The third-order valence-corrected chi connectivity index (χ3v) is 10.8. The van der Waals surface area contributed by atoms with Gasteiger partial charge in [-0.2, -0.15) is 11.8 Å². The van der Waals surface area contributed by atoms with Gasteiger partial charge in [0.2, 0.25) is 29.5 Å². The molecule has 4 aliphatic carbocycles. The van der Waals surface area contributed by atoms with Crippen molar-refractivity contribution in [3.63, 3.8) is 0 Å². The van der Waals surface area contributed by atoms with Crippen molar-refractivity contribution < 1.29 is 29.1 Å². The molecule has 4 aliphatic rings. The van der Waals surface area contributed by atoms with Gasteiger partial charge in [-0.3, -0.25) is 29.3 Å². The Balaban J connectivity index is 0.00000562. The summed E-state index contributed by atoms with van der Waals surface area (Å²) in [7, 11) is 0. The molecule has 2 aromatic rings. The van der Waals surface area contributed by atoms with Gasteiger partial charge in [0.25, 0.3) is 0 Å². The highest BCUT2D eigenvalue weighted by atomic mass is 35.5. The molecule has 4 bridgehead atoms. The number of benzene rings is 2. The lowest BCUT2D eigenvalue weighted by molar-refractivity contribution is -0.151. The molecule has 2 aromatic carbocycles. The number of nitrogens with one attached hydrogen (secondary N) is 4. The van der Waals surface area contributed by atoms with Crippen LogP contribution >= 0.6 is 24.2 Å². The zero-order valence-electron chi connectivity index (χ0n) is 28.3. The molecule has 0 radical (unpaired) electrons. The molecule has 2 unspecified atom stereocenters. The van der Waals surface area contributed by atoms with Crippen LogP contribution in [0.2, 0.25) is 0 Å². The Bertz CT molecular complexity index is 1510. The number of hydrogen-bond donors (Lipinski definition) is 7. The molecule has 9 N–H and O–H groups in total. The van der Waals surface area contributed by atoms with Gasteiger partial charge in [0.05, 0.1) is 18.0 Å². The van der Waals surface area contributed by atoms with Crippen LogP contribution in [0.4, 0.5) is 0 Å². The first kappa shape index (κ1) is 39.1. The molecule has 12 nitrogen and oxygen atoms in total. The number of imide groups is 1. The second-order valence-corrected chi connectivity index (χ2v) is 15.3. The third-order valence-electron chi connectivity index (χ3n) is 10.2. The van der Waals surface area contributed by atoms with Gasteiger partial charge in [0.15, 0.2) is 0 Å². The number of rotatable bonds is 15. The van der Waals surface area contributed by atoms with Crippen molar-refractivity contribution in [2.45, 2.75) is 81.5 Å². The van der Waals surface area contributed by atoms with Gasteiger partial charge >= 0.3 is 0 Å². The highest BCUT2D eigenvalue weighted by Crippen LogP contribution is 2.60. The minimum Gasteiger partial charge on any atom is -0.508 e. The molecule has 0 aromatic heterocycles. The molecule has 0 spiro atoms. The smallest absolute Gasteiger partial charge is 0.249 e. The summed E-state index contributed by atoms with van der Waals surface area (Å²) in [6.07, 6.45) is 7.44. The molecule has 6 rings (SSSR count). The number of phenolic OH excluding ortho intramolecular Hbond substituents is 1. The first-order valence-electron chi connectivity index (χ1n) is 16.9. The van der Waals surface area contributed by atoms with Crippen LogP contribution in [0, 0.1) is 17.3 Å². The summed E-state index contributed by atoms with van der Waals surface area (Å²) in [6.45, 7) is -0.445. The number of phenols is 1. The van der Waals surface area contributed by atoms with Crippen LogP contribution in [-0.2, 0) is 36.8 Å². The molecule has 14 heteroatoms. The number of nitrogens with two attached hydrogens (primary N) is 2. The van der Waals surface area contributed by atoms with Crippen molar-refractivity contribution in [3.8, 4) is 5.75 Å². The summed E-state index contributed by atoms with van der Waals surface area (Å²) >= 11 is 1.50. The van der Waals surface area contributed by atoms with E-state index in [1.807, 2.05) is 36.6 Å². The first-order valence-corrected chi connectivity index (χ1v) is 18.3. The monoisotopic (exact) mass is 728 g/mol. The van der Waals surface area contributed by atoms with Gasteiger partial charge in [-0.05, 0) is 98.5 Å². The maximum Gasteiger partial charge on any atom is 0.249 e. The lowest BCUT2D eigenvalue weighted by Gasteiger charge is -2.60. The second kappa shape index (κ2) is 17.0. The van der Waals surface area contributed by atoms with E-state index in [0.717, 1.165) is 43.2 Å². The maximum atomic E-state index is 13.7. The van der Waals surface area contributed by atoms with Gasteiger partial charge in [0.1, 0.15) is 17.8 Å². The summed E-state index contributed by atoms with van der Waals surface area (Å²) in [5.74, 6) is -1.20. The Morgan fingerprint density at radius 3 is 2.12 bits per heavy atom. The Labute approximate surface area is 303 Å². The van der Waals surface area contributed by atoms with Crippen LogP contribution in [0.3, 0.4) is 0 Å². The lowest BCUT2D eigenvalue weighted by atomic mass is 9.47. The average Bonchev–Trinajstić information content (AvgIpc) is 3.05. The molecule has 4 saturated carbocycles. The van der Waals surface area contributed by atoms with Crippen molar-refractivity contribution in [2.75, 3.05) is 18.6 Å². The van der Waals surface area contributed by atoms with E-state index in [0.29, 0.717) is 30.4 Å². The summed E-state index contributed by atoms with van der Waals surface area (Å²) in [5.41, 5.74) is 13.3. The second-order valence-electron chi connectivity index (χ2n) is 14.3. The van der Waals surface area contributed by atoms with Gasteiger partial charge in [-0.25, -0.2) is 0 Å². The fourth-order valence-corrected chi connectivity index (χ4v) is 8.76. The number of amides is 5. The standard InChI is InChI=1S/C36H48N6O6S.ClH/c1-49-12-11-28(41-31(45)27(37)14-23-7-9-26(43)10-8-23)32(46)39-20-30(44)40-29(15-22-5-3-2-4-6-22)33(47)42-34(48)35-16-24-13-25(17-35)19-36(38,18-24)21-35;/h2-10,24-25,27-29,43H,11-21,37-38H2,1H3,(H,39,46)(H,40,44)(H,41,45)(H,42,47,48);1H/t24?,25?,27-,28+,29-,35?,36?;/m0./s1. The first-order chi connectivity index (χ1) is 23.4. The van der Waals surface area contributed by atoms with Crippen LogP contribution in [0.5, 0.6) is 5.75 Å². The Kier molecular flexibility index (Phi) is 13.3. The quantitative estimate of drug-likeness (QED) is 0.142. The van der Waals surface area contributed by atoms with Crippen LogP contribution < -0.4 is 32.7 Å². The zero-order chi connectivity index (χ0) is 35.2. The molecule has 272 valence electrons. The lowest BCUT2D eigenvalue weighted by Crippen LogP contribution is -2.64. The maximum absolute atomic E-state index is 13.7. The molecule has 5 amide bonds. The van der Waals surface area contributed by atoms with Crippen LogP contribution in [0.15, 0.2) is 54.6 Å². The number of thioether (sulfide) groups is 1. The third kappa shape index (κ3) is 9.99. The SMILES string of the molecule is CSCC[C@@H](NC(=O)[C@@H](N)Cc1ccc(O)cc1)C(=O)NCC(=O)N[C@@H](Cc1ccccc1)C(=O)NC(=O)C12CC3CC(CC(N)(C3)C1)C2.Cl. The van der Waals surface area contributed by atoms with E-state index in [1.54, 1.807) is 12.1 Å². The van der Waals surface area contributed by atoms with E-state index in [2.05, 4.69) is 21.3 Å². The van der Waals surface area contributed by atoms with Gasteiger partial charge < -0.3 is 32.5 Å². The Hall–Kier alpha value is -3.65. The minimum atomic E-state index is -1.07. The van der Waals surface area contributed by atoms with E-state index in [4.69, 9.17) is 11.5 Å². The molecule has 0 heterocycles. The highest BCUT2D eigenvalue weighted by Gasteiger charge is 2.59. The molecular weight excluding hydrogens is 680 g/mol. The normalized spacial score (nSPS) is 24.9. The topological polar surface area (TPSA) is 206 Å². The molecular formula is C36H49ClN6O6S. The van der Waals surface area contributed by atoms with E-state index < -0.39 is 53.7 Å².